The fourth-order valence-corrected chi connectivity index (χ4v) is 2.17. The molecule has 0 spiro atoms. The molecule has 1 aromatic rings. The van der Waals surface area contributed by atoms with Crippen LogP contribution in [0.2, 0.25) is 0 Å². The fourth-order valence-electron chi connectivity index (χ4n) is 2.17. The maximum absolute atomic E-state index is 13.8. The summed E-state index contributed by atoms with van der Waals surface area (Å²) in [7, 11) is 0. The smallest absolute Gasteiger partial charge is 0.127 e. The van der Waals surface area contributed by atoms with Gasteiger partial charge in [-0.2, -0.15) is 0 Å². The number of hydrogen-bond donors (Lipinski definition) is 1. The molecular weight excluding hydrogens is 225 g/mol. The van der Waals surface area contributed by atoms with Crippen molar-refractivity contribution in [1.29, 1.82) is 0 Å². The van der Waals surface area contributed by atoms with Crippen LogP contribution in [0.15, 0.2) is 24.3 Å². The minimum absolute atomic E-state index is 0.0874. The second kappa shape index (κ2) is 8.25. The van der Waals surface area contributed by atoms with E-state index in [1.54, 1.807) is 12.1 Å². The number of rotatable bonds is 8. The molecule has 0 fully saturated rings. The van der Waals surface area contributed by atoms with Gasteiger partial charge in [-0.25, -0.2) is 4.39 Å². The summed E-state index contributed by atoms with van der Waals surface area (Å²) in [5, 5.41) is 3.46. The maximum atomic E-state index is 13.8. The predicted octanol–water partition coefficient (Wildman–Crippen LogP) is 4.69. The summed E-state index contributed by atoms with van der Waals surface area (Å²) in [6, 6.07) is 7.28. The minimum atomic E-state index is -0.0874. The summed E-state index contributed by atoms with van der Waals surface area (Å²) in [5.41, 5.74) is 0.815. The first-order chi connectivity index (χ1) is 8.65. The zero-order valence-electron chi connectivity index (χ0n) is 11.9. The van der Waals surface area contributed by atoms with E-state index in [4.69, 9.17) is 0 Å². The van der Waals surface area contributed by atoms with Crippen LogP contribution in [0.5, 0.6) is 0 Å². The monoisotopic (exact) mass is 251 g/mol. The molecular formula is C16H26FN. The van der Waals surface area contributed by atoms with E-state index in [2.05, 4.69) is 26.1 Å². The van der Waals surface area contributed by atoms with Gasteiger partial charge in [-0.3, -0.25) is 0 Å². The van der Waals surface area contributed by atoms with Crippen LogP contribution in [0.4, 0.5) is 4.39 Å². The van der Waals surface area contributed by atoms with Crippen molar-refractivity contribution < 1.29 is 4.39 Å². The molecule has 0 radical (unpaired) electrons. The molecule has 102 valence electrons. The lowest BCUT2D eigenvalue weighted by atomic mass is 9.97. The molecule has 0 saturated carbocycles. The highest BCUT2D eigenvalue weighted by atomic mass is 19.1. The largest absolute Gasteiger partial charge is 0.310 e. The average Bonchev–Trinajstić information content (AvgIpc) is 2.34. The molecule has 1 N–H and O–H groups in total. The van der Waals surface area contributed by atoms with E-state index in [1.165, 1.54) is 6.42 Å². The summed E-state index contributed by atoms with van der Waals surface area (Å²) in [6.45, 7) is 7.55. The van der Waals surface area contributed by atoms with Crippen molar-refractivity contribution in [3.8, 4) is 0 Å². The molecule has 0 aromatic heterocycles. The van der Waals surface area contributed by atoms with Gasteiger partial charge in [0.2, 0.25) is 0 Å². The van der Waals surface area contributed by atoms with Crippen molar-refractivity contribution in [2.75, 3.05) is 6.54 Å². The molecule has 0 bridgehead atoms. The Hall–Kier alpha value is -0.890. The van der Waals surface area contributed by atoms with Crippen molar-refractivity contribution in [3.63, 3.8) is 0 Å². The van der Waals surface area contributed by atoms with Gasteiger partial charge in [0.25, 0.3) is 0 Å². The quantitative estimate of drug-likeness (QED) is 0.706. The highest BCUT2D eigenvalue weighted by Gasteiger charge is 2.14. The van der Waals surface area contributed by atoms with Crippen LogP contribution in [0, 0.1) is 11.7 Å². The third kappa shape index (κ3) is 5.18. The first-order valence-electron chi connectivity index (χ1n) is 7.13. The van der Waals surface area contributed by atoms with Crippen LogP contribution in [0.3, 0.4) is 0 Å². The van der Waals surface area contributed by atoms with Gasteiger partial charge < -0.3 is 5.32 Å². The molecule has 2 heteroatoms. The molecule has 1 unspecified atom stereocenters. The van der Waals surface area contributed by atoms with Crippen molar-refractivity contribution in [1.82, 2.24) is 5.32 Å². The highest BCUT2D eigenvalue weighted by Crippen LogP contribution is 2.23. The molecule has 0 heterocycles. The molecule has 1 rings (SSSR count). The van der Waals surface area contributed by atoms with Crippen molar-refractivity contribution in [3.05, 3.63) is 35.6 Å². The van der Waals surface area contributed by atoms with Crippen molar-refractivity contribution in [2.45, 2.75) is 52.5 Å². The predicted molar refractivity (Wildman–Crippen MR) is 76.1 cm³/mol. The van der Waals surface area contributed by atoms with E-state index in [9.17, 15) is 4.39 Å². The zero-order valence-corrected chi connectivity index (χ0v) is 11.9. The van der Waals surface area contributed by atoms with E-state index in [0.717, 1.165) is 37.3 Å². The Labute approximate surface area is 111 Å². The molecule has 0 aliphatic carbocycles. The second-order valence-corrected chi connectivity index (χ2v) is 5.35. The Morgan fingerprint density at radius 3 is 2.50 bits per heavy atom. The van der Waals surface area contributed by atoms with Gasteiger partial charge in [0, 0.05) is 11.6 Å². The van der Waals surface area contributed by atoms with Crippen molar-refractivity contribution >= 4 is 0 Å². The Morgan fingerprint density at radius 2 is 1.89 bits per heavy atom. The lowest BCUT2D eigenvalue weighted by Gasteiger charge is -2.20. The van der Waals surface area contributed by atoms with E-state index in [-0.39, 0.29) is 11.9 Å². The standard InChI is InChI=1S/C16H26FN/c1-4-12-18-16(11-7-8-13(2)3)14-9-5-6-10-15(14)17/h5-6,9-10,13,16,18H,4,7-8,11-12H2,1-3H3. The van der Waals surface area contributed by atoms with Crippen LogP contribution >= 0.6 is 0 Å². The number of halogens is 1. The van der Waals surface area contributed by atoms with Crippen LogP contribution < -0.4 is 5.32 Å². The van der Waals surface area contributed by atoms with Crippen LogP contribution in [0.25, 0.3) is 0 Å². The maximum Gasteiger partial charge on any atom is 0.127 e. The van der Waals surface area contributed by atoms with Crippen LogP contribution in [-0.2, 0) is 0 Å². The van der Waals surface area contributed by atoms with Gasteiger partial charge in [-0.15, -0.1) is 0 Å². The topological polar surface area (TPSA) is 12.0 Å². The lowest BCUT2D eigenvalue weighted by molar-refractivity contribution is 0.434. The molecule has 1 aromatic carbocycles. The van der Waals surface area contributed by atoms with Gasteiger partial charge >= 0.3 is 0 Å². The average molecular weight is 251 g/mol. The fraction of sp³-hybridized carbons (Fsp3) is 0.625. The molecule has 0 amide bonds. The molecule has 1 nitrogen and oxygen atoms in total. The minimum Gasteiger partial charge on any atom is -0.310 e. The van der Waals surface area contributed by atoms with Gasteiger partial charge in [-0.1, -0.05) is 51.8 Å². The Morgan fingerprint density at radius 1 is 1.17 bits per heavy atom. The molecule has 1 atom stereocenters. The summed E-state index contributed by atoms with van der Waals surface area (Å²) >= 11 is 0. The number of benzene rings is 1. The zero-order chi connectivity index (χ0) is 13.4. The van der Waals surface area contributed by atoms with Gasteiger partial charge in [0.1, 0.15) is 5.82 Å². The normalized spacial score (nSPS) is 12.9. The third-order valence-corrected chi connectivity index (χ3v) is 3.20. The number of hydrogen-bond acceptors (Lipinski definition) is 1. The van der Waals surface area contributed by atoms with Crippen LogP contribution in [-0.4, -0.2) is 6.54 Å². The molecule has 18 heavy (non-hydrogen) atoms. The second-order valence-electron chi connectivity index (χ2n) is 5.35. The molecule has 0 aliphatic heterocycles. The highest BCUT2D eigenvalue weighted by molar-refractivity contribution is 5.21. The third-order valence-electron chi connectivity index (χ3n) is 3.20. The number of nitrogens with one attached hydrogen (secondary N) is 1. The van der Waals surface area contributed by atoms with E-state index in [0.29, 0.717) is 0 Å². The SMILES string of the molecule is CCCNC(CCCC(C)C)c1ccccc1F. The molecule has 0 aliphatic rings. The Bertz CT molecular complexity index is 336. The summed E-state index contributed by atoms with van der Waals surface area (Å²) in [4.78, 5) is 0. The van der Waals surface area contributed by atoms with Gasteiger partial charge in [0.15, 0.2) is 0 Å². The lowest BCUT2D eigenvalue weighted by Crippen LogP contribution is -2.23. The molecule has 0 saturated heterocycles. The van der Waals surface area contributed by atoms with E-state index in [1.807, 2.05) is 12.1 Å². The van der Waals surface area contributed by atoms with Crippen molar-refractivity contribution in [2.24, 2.45) is 5.92 Å². The van der Waals surface area contributed by atoms with E-state index < -0.39 is 0 Å². The first-order valence-corrected chi connectivity index (χ1v) is 7.13. The summed E-state index contributed by atoms with van der Waals surface area (Å²) < 4.78 is 13.8. The Balaban J connectivity index is 2.62. The Kier molecular flexibility index (Phi) is 6.96. The van der Waals surface area contributed by atoms with E-state index >= 15 is 0 Å². The van der Waals surface area contributed by atoms with Gasteiger partial charge in [-0.05, 0) is 31.4 Å². The summed E-state index contributed by atoms with van der Waals surface area (Å²) in [6.07, 6.45) is 4.44. The van der Waals surface area contributed by atoms with Crippen LogP contribution in [0.1, 0.15) is 58.1 Å². The van der Waals surface area contributed by atoms with Gasteiger partial charge in [0.05, 0.1) is 0 Å². The first kappa shape index (κ1) is 15.2. The summed E-state index contributed by atoms with van der Waals surface area (Å²) in [5.74, 6) is 0.632.